The Labute approximate surface area is 122 Å². The lowest BCUT2D eigenvalue weighted by atomic mass is 10.2. The van der Waals surface area contributed by atoms with Gasteiger partial charge in [-0.1, -0.05) is 15.9 Å². The fourth-order valence-corrected chi connectivity index (χ4v) is 2.96. The molecule has 2 atom stereocenters. The molecule has 0 amide bonds. The Morgan fingerprint density at radius 2 is 2.11 bits per heavy atom. The van der Waals surface area contributed by atoms with Crippen LogP contribution in [0.2, 0.25) is 0 Å². The van der Waals surface area contributed by atoms with E-state index in [9.17, 15) is 5.11 Å². The van der Waals surface area contributed by atoms with E-state index in [1.807, 2.05) is 12.1 Å². The van der Waals surface area contributed by atoms with Gasteiger partial charge in [0, 0.05) is 22.6 Å². The van der Waals surface area contributed by atoms with Gasteiger partial charge in [-0.05, 0) is 50.3 Å². The van der Waals surface area contributed by atoms with Gasteiger partial charge in [0.1, 0.15) is 11.9 Å². The van der Waals surface area contributed by atoms with E-state index in [1.54, 1.807) is 0 Å². The third-order valence-corrected chi connectivity index (χ3v) is 4.37. The summed E-state index contributed by atoms with van der Waals surface area (Å²) in [7, 11) is 0. The molecule has 2 unspecified atom stereocenters. The van der Waals surface area contributed by atoms with Crippen LogP contribution in [0.1, 0.15) is 37.7 Å². The largest absolute Gasteiger partial charge is 0.487 e. The fourth-order valence-electron chi connectivity index (χ4n) is 2.55. The highest BCUT2D eigenvalue weighted by Gasteiger charge is 2.28. The van der Waals surface area contributed by atoms with Crippen LogP contribution in [0.25, 0.3) is 0 Å². The van der Waals surface area contributed by atoms with Crippen molar-refractivity contribution in [2.75, 3.05) is 0 Å². The number of halogens is 1. The minimum atomic E-state index is -0.312. The first kappa shape index (κ1) is 13.4. The number of nitrogens with one attached hydrogen (secondary N) is 1. The Balaban J connectivity index is 1.70. The first-order chi connectivity index (χ1) is 9.22. The van der Waals surface area contributed by atoms with Crippen LogP contribution in [0.5, 0.6) is 5.75 Å². The maximum Gasteiger partial charge on any atom is 0.124 e. The van der Waals surface area contributed by atoms with Crippen molar-refractivity contribution in [3.8, 4) is 5.75 Å². The zero-order valence-corrected chi connectivity index (χ0v) is 12.5. The molecule has 3 nitrogen and oxygen atoms in total. The Kier molecular flexibility index (Phi) is 4.10. The predicted octanol–water partition coefficient (Wildman–Crippen LogP) is 2.99. The molecule has 2 aliphatic carbocycles. The van der Waals surface area contributed by atoms with E-state index in [4.69, 9.17) is 4.74 Å². The van der Waals surface area contributed by atoms with Gasteiger partial charge in [-0.3, -0.25) is 0 Å². The second kappa shape index (κ2) is 5.81. The van der Waals surface area contributed by atoms with Crippen molar-refractivity contribution in [1.82, 2.24) is 5.32 Å². The Hall–Kier alpha value is -0.580. The number of benzene rings is 1. The number of aliphatic hydroxyl groups excluding tert-OH is 1. The average Bonchev–Trinajstić information content (AvgIpc) is 3.14. The van der Waals surface area contributed by atoms with Gasteiger partial charge in [0.05, 0.1) is 6.10 Å². The molecule has 19 heavy (non-hydrogen) atoms. The van der Waals surface area contributed by atoms with Crippen LogP contribution < -0.4 is 10.1 Å². The number of ether oxygens (including phenoxy) is 1. The number of rotatable bonds is 5. The molecule has 2 N–H and O–H groups in total. The van der Waals surface area contributed by atoms with Crippen molar-refractivity contribution in [2.45, 2.75) is 56.9 Å². The van der Waals surface area contributed by atoms with Crippen molar-refractivity contribution in [2.24, 2.45) is 0 Å². The summed E-state index contributed by atoms with van der Waals surface area (Å²) in [6, 6.07) is 6.78. The molecule has 2 aliphatic rings. The number of hydrogen-bond acceptors (Lipinski definition) is 3. The lowest BCUT2D eigenvalue weighted by Crippen LogP contribution is -2.26. The number of aliphatic hydroxyl groups is 1. The molecule has 0 aromatic heterocycles. The minimum absolute atomic E-state index is 0.0409. The molecule has 2 fully saturated rings. The summed E-state index contributed by atoms with van der Waals surface area (Å²) in [5, 5.41) is 13.4. The summed E-state index contributed by atoms with van der Waals surface area (Å²) in [6.07, 6.45) is 5.08. The molecule has 104 valence electrons. The molecule has 0 saturated heterocycles. The lowest BCUT2D eigenvalue weighted by Gasteiger charge is -2.20. The first-order valence-corrected chi connectivity index (χ1v) is 7.88. The van der Waals surface area contributed by atoms with E-state index in [-0.39, 0.29) is 12.2 Å². The van der Waals surface area contributed by atoms with Crippen LogP contribution >= 0.6 is 15.9 Å². The second-order valence-electron chi connectivity index (χ2n) is 5.56. The van der Waals surface area contributed by atoms with Crippen molar-refractivity contribution in [3.63, 3.8) is 0 Å². The van der Waals surface area contributed by atoms with Crippen molar-refractivity contribution >= 4 is 15.9 Å². The second-order valence-corrected chi connectivity index (χ2v) is 6.48. The minimum Gasteiger partial charge on any atom is -0.487 e. The third-order valence-electron chi connectivity index (χ3n) is 3.88. The molecule has 0 aliphatic heterocycles. The molecular weight excluding hydrogens is 306 g/mol. The lowest BCUT2D eigenvalue weighted by molar-refractivity contribution is 0.0597. The SMILES string of the molecule is OC1CCCC1Oc1ccc(Br)cc1CNC1CC1. The van der Waals surface area contributed by atoms with Gasteiger partial charge in [-0.25, -0.2) is 0 Å². The van der Waals surface area contributed by atoms with Gasteiger partial charge >= 0.3 is 0 Å². The summed E-state index contributed by atoms with van der Waals surface area (Å²) >= 11 is 3.51. The molecule has 0 radical (unpaired) electrons. The summed E-state index contributed by atoms with van der Waals surface area (Å²) < 4.78 is 7.08. The highest BCUT2D eigenvalue weighted by molar-refractivity contribution is 9.10. The van der Waals surface area contributed by atoms with E-state index in [0.29, 0.717) is 6.04 Å². The van der Waals surface area contributed by atoms with Crippen LogP contribution in [-0.2, 0) is 6.54 Å². The Bertz CT molecular complexity index is 448. The third kappa shape index (κ3) is 3.50. The maximum atomic E-state index is 9.87. The van der Waals surface area contributed by atoms with E-state index >= 15 is 0 Å². The van der Waals surface area contributed by atoms with E-state index < -0.39 is 0 Å². The van der Waals surface area contributed by atoms with Crippen molar-refractivity contribution in [1.29, 1.82) is 0 Å². The van der Waals surface area contributed by atoms with Gasteiger partial charge in [0.15, 0.2) is 0 Å². The Morgan fingerprint density at radius 3 is 2.79 bits per heavy atom. The van der Waals surface area contributed by atoms with Crippen molar-refractivity contribution < 1.29 is 9.84 Å². The standard InChI is InChI=1S/C15H20BrNO2/c16-11-4-7-14(19-15-3-1-2-13(15)18)10(8-11)9-17-12-5-6-12/h4,7-8,12-13,15,17-18H,1-3,5-6,9H2. The fraction of sp³-hybridized carbons (Fsp3) is 0.600. The zero-order valence-electron chi connectivity index (χ0n) is 10.9. The molecule has 0 spiro atoms. The van der Waals surface area contributed by atoms with Crippen LogP contribution in [0.15, 0.2) is 22.7 Å². The monoisotopic (exact) mass is 325 g/mol. The van der Waals surface area contributed by atoms with Crippen LogP contribution in [0, 0.1) is 0 Å². The van der Waals surface area contributed by atoms with Gasteiger partial charge in [0.2, 0.25) is 0 Å². The summed E-state index contributed by atoms with van der Waals surface area (Å²) in [5.74, 6) is 0.905. The zero-order chi connectivity index (χ0) is 13.2. The van der Waals surface area contributed by atoms with E-state index in [0.717, 1.165) is 36.0 Å². The van der Waals surface area contributed by atoms with Crippen LogP contribution in [0.4, 0.5) is 0 Å². The van der Waals surface area contributed by atoms with E-state index in [2.05, 4.69) is 27.3 Å². The Morgan fingerprint density at radius 1 is 1.26 bits per heavy atom. The molecule has 3 rings (SSSR count). The quantitative estimate of drug-likeness (QED) is 0.874. The molecule has 1 aromatic rings. The molecule has 4 heteroatoms. The van der Waals surface area contributed by atoms with Crippen LogP contribution in [0.3, 0.4) is 0 Å². The van der Waals surface area contributed by atoms with Gasteiger partial charge in [-0.2, -0.15) is 0 Å². The summed E-state index contributed by atoms with van der Waals surface area (Å²) in [6.45, 7) is 0.836. The smallest absolute Gasteiger partial charge is 0.124 e. The predicted molar refractivity (Wildman–Crippen MR) is 78.3 cm³/mol. The van der Waals surface area contributed by atoms with Crippen LogP contribution in [-0.4, -0.2) is 23.4 Å². The molecule has 2 saturated carbocycles. The molecule has 0 heterocycles. The first-order valence-electron chi connectivity index (χ1n) is 7.09. The molecular formula is C15H20BrNO2. The maximum absolute atomic E-state index is 9.87. The van der Waals surface area contributed by atoms with Gasteiger partial charge < -0.3 is 15.2 Å². The molecule has 0 bridgehead atoms. The van der Waals surface area contributed by atoms with Gasteiger partial charge in [-0.15, -0.1) is 0 Å². The van der Waals surface area contributed by atoms with E-state index in [1.165, 1.54) is 18.4 Å². The average molecular weight is 326 g/mol. The number of hydrogen-bond donors (Lipinski definition) is 2. The molecule has 1 aromatic carbocycles. The topological polar surface area (TPSA) is 41.5 Å². The highest BCUT2D eigenvalue weighted by Crippen LogP contribution is 2.30. The summed E-state index contributed by atoms with van der Waals surface area (Å²) in [4.78, 5) is 0. The highest BCUT2D eigenvalue weighted by atomic mass is 79.9. The van der Waals surface area contributed by atoms with Gasteiger partial charge in [0.25, 0.3) is 0 Å². The normalized spacial score (nSPS) is 26.6. The van der Waals surface area contributed by atoms with Crippen molar-refractivity contribution in [3.05, 3.63) is 28.2 Å². The summed E-state index contributed by atoms with van der Waals surface area (Å²) in [5.41, 5.74) is 1.17.